The highest BCUT2D eigenvalue weighted by Crippen LogP contribution is 2.33. The van der Waals surface area contributed by atoms with Gasteiger partial charge in [-0.25, -0.2) is 15.0 Å². The van der Waals surface area contributed by atoms with Gasteiger partial charge in [0.25, 0.3) is 0 Å². The number of hydrogen-bond donors (Lipinski definition) is 2. The maximum atomic E-state index is 11.6. The standard InChI is InChI=1S/C17H18N6O2S/c1-2-3-4-12-5-7-13(8-6-12)21-15-14(23(24)25)16(20-11-19-15)22-17-18-9-10-26-17/h5-11H,2-4H2,1H3,(H2,18,19,20,21,22). The van der Waals surface area contributed by atoms with Crippen LogP contribution in [0.3, 0.4) is 0 Å². The lowest BCUT2D eigenvalue weighted by molar-refractivity contribution is -0.383. The molecule has 2 heterocycles. The number of aromatic nitrogens is 3. The second-order valence-corrected chi connectivity index (χ2v) is 6.46. The molecular weight excluding hydrogens is 352 g/mol. The minimum atomic E-state index is -0.506. The molecule has 0 amide bonds. The van der Waals surface area contributed by atoms with Gasteiger partial charge in [0.05, 0.1) is 4.92 Å². The molecule has 2 N–H and O–H groups in total. The summed E-state index contributed by atoms with van der Waals surface area (Å²) in [7, 11) is 0. The Morgan fingerprint density at radius 1 is 1.12 bits per heavy atom. The first-order valence-corrected chi connectivity index (χ1v) is 9.07. The molecule has 0 aliphatic heterocycles. The molecule has 134 valence electrons. The van der Waals surface area contributed by atoms with Crippen LogP contribution in [0.25, 0.3) is 0 Å². The maximum absolute atomic E-state index is 11.6. The number of nitrogens with zero attached hydrogens (tertiary/aromatic N) is 4. The fourth-order valence-electron chi connectivity index (χ4n) is 2.39. The van der Waals surface area contributed by atoms with Crippen molar-refractivity contribution in [2.45, 2.75) is 26.2 Å². The van der Waals surface area contributed by atoms with Crippen molar-refractivity contribution < 1.29 is 4.92 Å². The number of rotatable bonds is 8. The number of hydrogen-bond acceptors (Lipinski definition) is 8. The Kier molecular flexibility index (Phi) is 5.69. The Labute approximate surface area is 154 Å². The Hall–Kier alpha value is -3.07. The van der Waals surface area contributed by atoms with Gasteiger partial charge in [0.2, 0.25) is 11.6 Å². The maximum Gasteiger partial charge on any atom is 0.353 e. The van der Waals surface area contributed by atoms with Crippen LogP contribution in [0.2, 0.25) is 0 Å². The molecule has 0 bridgehead atoms. The Morgan fingerprint density at radius 3 is 2.46 bits per heavy atom. The van der Waals surface area contributed by atoms with E-state index >= 15 is 0 Å². The molecule has 8 nitrogen and oxygen atoms in total. The lowest BCUT2D eigenvalue weighted by atomic mass is 10.1. The normalized spacial score (nSPS) is 10.5. The predicted octanol–water partition coefficient (Wildman–Crippen LogP) is 4.67. The van der Waals surface area contributed by atoms with Gasteiger partial charge in [0, 0.05) is 17.3 Å². The molecule has 0 saturated carbocycles. The largest absolute Gasteiger partial charge is 0.353 e. The molecule has 3 rings (SSSR count). The molecule has 0 unspecified atom stereocenters. The lowest BCUT2D eigenvalue weighted by Gasteiger charge is -2.09. The van der Waals surface area contributed by atoms with Crippen LogP contribution >= 0.6 is 11.3 Å². The van der Waals surface area contributed by atoms with Crippen LogP contribution in [0.15, 0.2) is 42.2 Å². The zero-order valence-corrected chi connectivity index (χ0v) is 15.0. The molecule has 3 aromatic rings. The molecular formula is C17H18N6O2S. The summed E-state index contributed by atoms with van der Waals surface area (Å²) in [6, 6.07) is 7.81. The molecule has 0 atom stereocenters. The van der Waals surface area contributed by atoms with Gasteiger partial charge in [-0.15, -0.1) is 11.3 Å². The van der Waals surface area contributed by atoms with E-state index < -0.39 is 4.92 Å². The molecule has 1 aromatic carbocycles. The number of nitro groups is 1. The van der Waals surface area contributed by atoms with E-state index in [1.165, 1.54) is 23.2 Å². The van der Waals surface area contributed by atoms with Crippen molar-refractivity contribution in [3.8, 4) is 0 Å². The number of nitrogens with one attached hydrogen (secondary N) is 2. The molecule has 0 aliphatic rings. The molecule has 0 aliphatic carbocycles. The first-order valence-electron chi connectivity index (χ1n) is 8.19. The van der Waals surface area contributed by atoms with Crippen LogP contribution in [-0.2, 0) is 6.42 Å². The highest BCUT2D eigenvalue weighted by atomic mass is 32.1. The summed E-state index contributed by atoms with van der Waals surface area (Å²) < 4.78 is 0. The summed E-state index contributed by atoms with van der Waals surface area (Å²) in [6.07, 6.45) is 6.18. The number of unbranched alkanes of at least 4 members (excludes halogenated alkanes) is 1. The summed E-state index contributed by atoms with van der Waals surface area (Å²) in [5, 5.41) is 19.7. The van der Waals surface area contributed by atoms with Crippen LogP contribution in [-0.4, -0.2) is 19.9 Å². The second kappa shape index (κ2) is 8.34. The summed E-state index contributed by atoms with van der Waals surface area (Å²) in [5.74, 6) is 0.229. The number of benzene rings is 1. The monoisotopic (exact) mass is 370 g/mol. The third kappa shape index (κ3) is 4.31. The van der Waals surface area contributed by atoms with E-state index in [9.17, 15) is 10.1 Å². The van der Waals surface area contributed by atoms with Crippen molar-refractivity contribution in [3.63, 3.8) is 0 Å². The average molecular weight is 370 g/mol. The summed E-state index contributed by atoms with van der Waals surface area (Å²) >= 11 is 1.33. The Balaban J connectivity index is 1.84. The van der Waals surface area contributed by atoms with E-state index in [4.69, 9.17) is 0 Å². The smallest absolute Gasteiger partial charge is 0.334 e. The van der Waals surface area contributed by atoms with E-state index in [1.807, 2.05) is 24.3 Å². The minimum absolute atomic E-state index is 0.0991. The van der Waals surface area contributed by atoms with Crippen molar-refractivity contribution >= 4 is 39.5 Å². The topological polar surface area (TPSA) is 106 Å². The van der Waals surface area contributed by atoms with E-state index in [-0.39, 0.29) is 17.3 Å². The zero-order chi connectivity index (χ0) is 18.4. The third-order valence-corrected chi connectivity index (χ3v) is 4.39. The van der Waals surface area contributed by atoms with Crippen LogP contribution in [0.5, 0.6) is 0 Å². The highest BCUT2D eigenvalue weighted by molar-refractivity contribution is 7.13. The molecule has 9 heteroatoms. The first-order chi connectivity index (χ1) is 12.7. The summed E-state index contributed by atoms with van der Waals surface area (Å²) in [5.41, 5.74) is 1.74. The van der Waals surface area contributed by atoms with Crippen molar-refractivity contribution in [3.05, 3.63) is 57.8 Å². The fraction of sp³-hybridized carbons (Fsp3) is 0.235. The molecule has 0 radical (unpaired) electrons. The molecule has 0 fully saturated rings. The summed E-state index contributed by atoms with van der Waals surface area (Å²) in [6.45, 7) is 2.15. The SMILES string of the molecule is CCCCc1ccc(Nc2ncnc(Nc3nccs3)c2[N+](=O)[O-])cc1. The van der Waals surface area contributed by atoms with Crippen LogP contribution in [0, 0.1) is 10.1 Å². The third-order valence-electron chi connectivity index (χ3n) is 3.70. The molecule has 26 heavy (non-hydrogen) atoms. The van der Waals surface area contributed by atoms with E-state index in [2.05, 4.69) is 32.5 Å². The number of aryl methyl sites for hydroxylation is 1. The first kappa shape index (κ1) is 17.7. The fourth-order valence-corrected chi connectivity index (χ4v) is 2.92. The second-order valence-electron chi connectivity index (χ2n) is 5.56. The van der Waals surface area contributed by atoms with Crippen LogP contribution in [0.1, 0.15) is 25.3 Å². The van der Waals surface area contributed by atoms with Gasteiger partial charge in [0.15, 0.2) is 5.13 Å². The van der Waals surface area contributed by atoms with Gasteiger partial charge in [-0.1, -0.05) is 25.5 Å². The van der Waals surface area contributed by atoms with Gasteiger partial charge in [-0.05, 0) is 30.5 Å². The Morgan fingerprint density at radius 2 is 1.85 bits per heavy atom. The highest BCUT2D eigenvalue weighted by Gasteiger charge is 2.23. The number of anilines is 4. The van der Waals surface area contributed by atoms with Gasteiger partial charge < -0.3 is 10.6 Å². The quantitative estimate of drug-likeness (QED) is 0.438. The predicted molar refractivity (Wildman–Crippen MR) is 102 cm³/mol. The molecule has 0 spiro atoms. The van der Waals surface area contributed by atoms with Crippen molar-refractivity contribution in [2.75, 3.05) is 10.6 Å². The van der Waals surface area contributed by atoms with Gasteiger partial charge in [-0.2, -0.15) is 0 Å². The molecule has 2 aromatic heterocycles. The lowest BCUT2D eigenvalue weighted by Crippen LogP contribution is -2.05. The van der Waals surface area contributed by atoms with Gasteiger partial charge in [-0.3, -0.25) is 10.1 Å². The average Bonchev–Trinajstić information content (AvgIpc) is 3.14. The Bertz CT molecular complexity index is 867. The summed E-state index contributed by atoms with van der Waals surface area (Å²) in [4.78, 5) is 23.1. The van der Waals surface area contributed by atoms with E-state index in [0.717, 1.165) is 24.9 Å². The van der Waals surface area contributed by atoms with E-state index in [1.54, 1.807) is 11.6 Å². The van der Waals surface area contributed by atoms with E-state index in [0.29, 0.717) is 5.13 Å². The molecule has 0 saturated heterocycles. The minimum Gasteiger partial charge on any atom is -0.334 e. The number of thiazole rings is 1. The van der Waals surface area contributed by atoms with Crippen molar-refractivity contribution in [1.82, 2.24) is 15.0 Å². The van der Waals surface area contributed by atoms with Gasteiger partial charge >= 0.3 is 5.69 Å². The van der Waals surface area contributed by atoms with Crippen LogP contribution in [0.4, 0.5) is 28.1 Å². The zero-order valence-electron chi connectivity index (χ0n) is 14.2. The van der Waals surface area contributed by atoms with Crippen LogP contribution < -0.4 is 10.6 Å². The van der Waals surface area contributed by atoms with Crippen molar-refractivity contribution in [2.24, 2.45) is 0 Å². The van der Waals surface area contributed by atoms with Crippen molar-refractivity contribution in [1.29, 1.82) is 0 Å². The van der Waals surface area contributed by atoms with Gasteiger partial charge in [0.1, 0.15) is 6.33 Å².